The standard InChI is InChI=1S/C32H34N6O5/c1-3-21(19-39)38-27-30(42)35(20-37-24-14-8-7-13-23(24)33-34-37)17-10-16-32(27)26(29(38)41)25-28(40)36(22-11-5-4-6-12-22)18-9-15-31(25,2)43-32/h4-16,21,25-27,39H,3,17-20H2,1-2H3/t21-,25+,26-,27?,31-,32-/m0/s1. The van der Waals surface area contributed by atoms with Gasteiger partial charge in [-0.25, -0.2) is 4.68 Å². The van der Waals surface area contributed by atoms with Crippen LogP contribution in [0, 0.1) is 11.8 Å². The van der Waals surface area contributed by atoms with Gasteiger partial charge in [-0.1, -0.05) is 66.8 Å². The van der Waals surface area contributed by atoms with Crippen molar-refractivity contribution in [2.75, 3.05) is 24.6 Å². The molecule has 0 aliphatic carbocycles. The smallest absolute Gasteiger partial charge is 0.250 e. The first kappa shape index (κ1) is 27.5. The highest BCUT2D eigenvalue weighted by Gasteiger charge is 2.75. The molecule has 0 radical (unpaired) electrons. The molecule has 2 aromatic carbocycles. The molecule has 5 heterocycles. The zero-order chi connectivity index (χ0) is 29.9. The number of nitrogens with zero attached hydrogens (tertiary/aromatic N) is 6. The molecule has 6 atom stereocenters. The van der Waals surface area contributed by atoms with E-state index in [0.717, 1.165) is 11.2 Å². The molecular weight excluding hydrogens is 548 g/mol. The van der Waals surface area contributed by atoms with Gasteiger partial charge >= 0.3 is 0 Å². The predicted octanol–water partition coefficient (Wildman–Crippen LogP) is 2.13. The van der Waals surface area contributed by atoms with Gasteiger partial charge in [0, 0.05) is 18.8 Å². The molecule has 4 aliphatic rings. The van der Waals surface area contributed by atoms with Gasteiger partial charge in [0.25, 0.3) is 5.91 Å². The third-order valence-electron chi connectivity index (χ3n) is 9.45. The quantitative estimate of drug-likeness (QED) is 0.442. The van der Waals surface area contributed by atoms with Crippen molar-refractivity contribution in [1.29, 1.82) is 0 Å². The van der Waals surface area contributed by atoms with Crippen molar-refractivity contribution in [1.82, 2.24) is 24.8 Å². The van der Waals surface area contributed by atoms with Gasteiger partial charge in [-0.3, -0.25) is 14.4 Å². The van der Waals surface area contributed by atoms with Gasteiger partial charge in [0.15, 0.2) is 0 Å². The number of rotatable bonds is 6. The maximum Gasteiger partial charge on any atom is 0.250 e. The summed E-state index contributed by atoms with van der Waals surface area (Å²) < 4.78 is 8.56. The maximum atomic E-state index is 14.6. The number of benzene rings is 2. The summed E-state index contributed by atoms with van der Waals surface area (Å²) in [5.41, 5.74) is -0.327. The number of para-hydroxylation sites is 2. The Hall–Kier alpha value is -4.35. The Morgan fingerprint density at radius 1 is 0.953 bits per heavy atom. The minimum absolute atomic E-state index is 0.111. The summed E-state index contributed by atoms with van der Waals surface area (Å²) in [5.74, 6) is -2.77. The highest BCUT2D eigenvalue weighted by molar-refractivity contribution is 6.04. The number of carbonyl (C=O) groups excluding carboxylic acids is 3. The Morgan fingerprint density at radius 3 is 2.47 bits per heavy atom. The van der Waals surface area contributed by atoms with Crippen LogP contribution in [0.4, 0.5) is 5.69 Å². The van der Waals surface area contributed by atoms with Crippen molar-refractivity contribution in [3.63, 3.8) is 0 Å². The van der Waals surface area contributed by atoms with Crippen LogP contribution in [0.25, 0.3) is 11.0 Å². The number of fused-ring (bicyclic) bond motifs is 3. The molecule has 11 nitrogen and oxygen atoms in total. The maximum absolute atomic E-state index is 14.6. The highest BCUT2D eigenvalue weighted by atomic mass is 16.5. The minimum Gasteiger partial charge on any atom is -0.394 e. The molecule has 7 rings (SSSR count). The SMILES string of the molecule is CC[C@@H](CO)N1C(=O)[C@@H]2[C@@H]3C(=O)N(c4ccccc4)CC=C[C@]3(C)O[C@@]23C=CCN(Cn2nnc4ccccc42)C(=O)C13. The van der Waals surface area contributed by atoms with Crippen LogP contribution in [0.2, 0.25) is 0 Å². The molecular formula is C32H34N6O5. The number of carbonyl (C=O) groups is 3. The van der Waals surface area contributed by atoms with Crippen molar-refractivity contribution >= 4 is 34.4 Å². The van der Waals surface area contributed by atoms with Crippen LogP contribution in [-0.4, -0.2) is 90.6 Å². The van der Waals surface area contributed by atoms with Crippen molar-refractivity contribution in [3.05, 3.63) is 78.9 Å². The molecule has 1 spiro atoms. The van der Waals surface area contributed by atoms with Crippen LogP contribution in [0.1, 0.15) is 20.3 Å². The van der Waals surface area contributed by atoms with Gasteiger partial charge in [-0.15, -0.1) is 5.10 Å². The van der Waals surface area contributed by atoms with E-state index in [9.17, 15) is 19.5 Å². The molecule has 0 saturated carbocycles. The van der Waals surface area contributed by atoms with E-state index >= 15 is 0 Å². The summed E-state index contributed by atoms with van der Waals surface area (Å²) in [6.45, 7) is 4.07. The van der Waals surface area contributed by atoms with Crippen LogP contribution in [0.5, 0.6) is 0 Å². The van der Waals surface area contributed by atoms with Crippen LogP contribution in [-0.2, 0) is 25.8 Å². The van der Waals surface area contributed by atoms with Gasteiger partial charge in [0.05, 0.1) is 35.6 Å². The second kappa shape index (κ2) is 10.1. The molecule has 2 saturated heterocycles. The summed E-state index contributed by atoms with van der Waals surface area (Å²) in [5, 5.41) is 18.9. The summed E-state index contributed by atoms with van der Waals surface area (Å²) in [6.07, 6.45) is 7.85. The summed E-state index contributed by atoms with van der Waals surface area (Å²) in [6, 6.07) is 15.2. The van der Waals surface area contributed by atoms with Crippen molar-refractivity contribution in [2.24, 2.45) is 11.8 Å². The number of ether oxygens (including phenoxy) is 1. The van der Waals surface area contributed by atoms with Crippen LogP contribution in [0.15, 0.2) is 78.9 Å². The molecule has 0 bridgehead atoms. The van der Waals surface area contributed by atoms with Crippen LogP contribution in [0.3, 0.4) is 0 Å². The largest absolute Gasteiger partial charge is 0.394 e. The van der Waals surface area contributed by atoms with Crippen LogP contribution >= 0.6 is 0 Å². The third kappa shape index (κ3) is 3.98. The molecule has 11 heteroatoms. The summed E-state index contributed by atoms with van der Waals surface area (Å²) >= 11 is 0. The zero-order valence-electron chi connectivity index (χ0n) is 24.1. The number of aliphatic hydroxyl groups is 1. The lowest BCUT2D eigenvalue weighted by atomic mass is 9.74. The molecule has 222 valence electrons. The lowest BCUT2D eigenvalue weighted by Crippen LogP contribution is -2.58. The topological polar surface area (TPSA) is 121 Å². The highest BCUT2D eigenvalue weighted by Crippen LogP contribution is 2.58. The van der Waals surface area contributed by atoms with Gasteiger partial charge in [-0.05, 0) is 37.6 Å². The number of anilines is 1. The fraction of sp³-hybridized carbons (Fsp3) is 0.406. The fourth-order valence-electron chi connectivity index (χ4n) is 7.47. The van der Waals surface area contributed by atoms with Gasteiger partial charge < -0.3 is 24.5 Å². The Balaban J connectivity index is 1.32. The second-order valence-corrected chi connectivity index (χ2v) is 11.9. The van der Waals surface area contributed by atoms with Gasteiger partial charge in [0.1, 0.15) is 23.8 Å². The first-order valence-corrected chi connectivity index (χ1v) is 14.7. The first-order chi connectivity index (χ1) is 20.8. The Morgan fingerprint density at radius 2 is 1.70 bits per heavy atom. The Bertz CT molecular complexity index is 1650. The molecule has 2 fully saturated rings. The molecule has 1 unspecified atom stereocenters. The zero-order valence-corrected chi connectivity index (χ0v) is 24.1. The monoisotopic (exact) mass is 582 g/mol. The first-order valence-electron chi connectivity index (χ1n) is 14.7. The Kier molecular flexibility index (Phi) is 6.48. The molecule has 1 N–H and O–H groups in total. The van der Waals surface area contributed by atoms with Crippen molar-refractivity contribution in [2.45, 2.75) is 50.2 Å². The van der Waals surface area contributed by atoms with E-state index in [1.807, 2.05) is 92.7 Å². The second-order valence-electron chi connectivity index (χ2n) is 11.9. The van der Waals surface area contributed by atoms with E-state index in [2.05, 4.69) is 10.3 Å². The molecule has 1 aromatic heterocycles. The number of amides is 3. The molecule has 43 heavy (non-hydrogen) atoms. The predicted molar refractivity (Wildman–Crippen MR) is 157 cm³/mol. The number of aromatic nitrogens is 3. The molecule has 4 aliphatic heterocycles. The van der Waals surface area contributed by atoms with Gasteiger partial charge in [-0.2, -0.15) is 0 Å². The minimum atomic E-state index is -1.41. The average Bonchev–Trinajstić information content (AvgIpc) is 3.55. The molecule has 3 amide bonds. The number of hydrogen-bond acceptors (Lipinski definition) is 7. The number of hydrogen-bond donors (Lipinski definition) is 1. The van der Waals surface area contributed by atoms with E-state index in [4.69, 9.17) is 4.74 Å². The van der Waals surface area contributed by atoms with E-state index in [0.29, 0.717) is 18.5 Å². The molecule has 3 aromatic rings. The van der Waals surface area contributed by atoms with E-state index < -0.39 is 35.1 Å². The van der Waals surface area contributed by atoms with Gasteiger partial charge in [0.2, 0.25) is 11.8 Å². The van der Waals surface area contributed by atoms with E-state index in [1.165, 1.54) is 4.90 Å². The van der Waals surface area contributed by atoms with Crippen molar-refractivity contribution in [3.8, 4) is 0 Å². The van der Waals surface area contributed by atoms with Crippen molar-refractivity contribution < 1.29 is 24.2 Å². The average molecular weight is 583 g/mol. The number of aliphatic hydroxyl groups excluding tert-OH is 1. The third-order valence-corrected chi connectivity index (χ3v) is 9.45. The number of likely N-dealkylation sites (tertiary alicyclic amines) is 1. The normalized spacial score (nSPS) is 30.8. The van der Waals surface area contributed by atoms with E-state index in [-0.39, 0.29) is 37.5 Å². The van der Waals surface area contributed by atoms with E-state index in [1.54, 1.807) is 14.5 Å². The summed E-state index contributed by atoms with van der Waals surface area (Å²) in [7, 11) is 0. The summed E-state index contributed by atoms with van der Waals surface area (Å²) in [4.78, 5) is 48.4. The fourth-order valence-corrected chi connectivity index (χ4v) is 7.47. The lowest BCUT2D eigenvalue weighted by Gasteiger charge is -2.39. The Labute approximate surface area is 249 Å². The van der Waals surface area contributed by atoms with Crippen LogP contribution < -0.4 is 4.90 Å². The lowest BCUT2D eigenvalue weighted by molar-refractivity contribution is -0.155.